The molecule has 0 heterocycles. The Hall–Kier alpha value is -1.30. The smallest absolute Gasteiger partial charge is 0.320 e. The maximum atomic E-state index is 12.3. The predicted octanol–water partition coefficient (Wildman–Crippen LogP) is 2.87. The molecule has 0 radical (unpaired) electrons. The van der Waals surface area contributed by atoms with Gasteiger partial charge in [0.1, 0.15) is 5.41 Å². The molecule has 1 saturated carbocycles. The average molecular weight is 250 g/mol. The number of carbonyl (C=O) groups excluding carboxylic acids is 2. The first-order chi connectivity index (χ1) is 8.67. The zero-order valence-electron chi connectivity index (χ0n) is 11.4. The van der Waals surface area contributed by atoms with E-state index in [1.54, 1.807) is 13.8 Å². The van der Waals surface area contributed by atoms with Crippen LogP contribution in [-0.2, 0) is 14.3 Å². The van der Waals surface area contributed by atoms with Crippen molar-refractivity contribution in [2.45, 2.75) is 58.8 Å². The van der Waals surface area contributed by atoms with E-state index in [2.05, 4.69) is 11.8 Å². The fourth-order valence-electron chi connectivity index (χ4n) is 2.43. The van der Waals surface area contributed by atoms with Crippen LogP contribution in [0.3, 0.4) is 0 Å². The van der Waals surface area contributed by atoms with Gasteiger partial charge in [0.2, 0.25) is 0 Å². The number of rotatable bonds is 3. The van der Waals surface area contributed by atoms with E-state index in [9.17, 15) is 9.59 Å². The number of ketones is 1. The highest BCUT2D eigenvalue weighted by molar-refractivity contribution is 6.04. The first kappa shape index (κ1) is 14.8. The van der Waals surface area contributed by atoms with E-state index in [-0.39, 0.29) is 11.8 Å². The minimum absolute atomic E-state index is 0.0170. The third-order valence-electron chi connectivity index (χ3n) is 3.52. The van der Waals surface area contributed by atoms with Crippen LogP contribution in [0.2, 0.25) is 0 Å². The molecule has 0 aromatic carbocycles. The van der Waals surface area contributed by atoms with Crippen LogP contribution in [0.15, 0.2) is 0 Å². The zero-order chi connectivity index (χ0) is 13.4. The summed E-state index contributed by atoms with van der Waals surface area (Å²) in [6.07, 6.45) is 5.29. The fourth-order valence-corrected chi connectivity index (χ4v) is 2.43. The lowest BCUT2D eigenvalue weighted by atomic mass is 9.73. The predicted molar refractivity (Wildman–Crippen MR) is 69.8 cm³/mol. The van der Waals surface area contributed by atoms with Gasteiger partial charge in [-0.3, -0.25) is 9.59 Å². The molecule has 1 aliphatic rings. The summed E-state index contributed by atoms with van der Waals surface area (Å²) in [7, 11) is 0. The van der Waals surface area contributed by atoms with Gasteiger partial charge in [-0.25, -0.2) is 0 Å². The molecular weight excluding hydrogens is 228 g/mol. The molecule has 3 nitrogen and oxygen atoms in total. The third-order valence-corrected chi connectivity index (χ3v) is 3.52. The van der Waals surface area contributed by atoms with Gasteiger partial charge in [-0.15, -0.1) is 11.8 Å². The van der Waals surface area contributed by atoms with Crippen molar-refractivity contribution in [3.63, 3.8) is 0 Å². The molecule has 1 aliphatic carbocycles. The Kier molecular flexibility index (Phi) is 5.91. The topological polar surface area (TPSA) is 43.4 Å². The van der Waals surface area contributed by atoms with E-state index in [4.69, 9.17) is 4.74 Å². The fraction of sp³-hybridized carbons (Fsp3) is 0.733. The van der Waals surface area contributed by atoms with Crippen molar-refractivity contribution in [1.29, 1.82) is 0 Å². The summed E-state index contributed by atoms with van der Waals surface area (Å²) in [6, 6.07) is 0. The van der Waals surface area contributed by atoms with Crippen LogP contribution in [0.5, 0.6) is 0 Å². The number of Topliss-reactive ketones (excluding diaryl/α,β-unsaturated/α-hetero) is 1. The lowest BCUT2D eigenvalue weighted by Crippen LogP contribution is -2.41. The maximum absolute atomic E-state index is 12.3. The Balaban J connectivity index is 2.99. The van der Waals surface area contributed by atoms with Crippen molar-refractivity contribution >= 4 is 11.8 Å². The Morgan fingerprint density at radius 2 is 2.06 bits per heavy atom. The Morgan fingerprint density at radius 3 is 2.72 bits per heavy atom. The third kappa shape index (κ3) is 3.35. The standard InChI is InChI=1S/C15H22O3/c1-3-5-11-15(14(17)18-4-2)12-9-7-6-8-10-13(15)16/h4,6-12H2,1-2H3. The Morgan fingerprint density at radius 1 is 1.33 bits per heavy atom. The molecule has 0 spiro atoms. The second-order valence-electron chi connectivity index (χ2n) is 4.74. The highest BCUT2D eigenvalue weighted by atomic mass is 16.5. The number of hydrogen-bond donors (Lipinski definition) is 0. The van der Waals surface area contributed by atoms with Crippen molar-refractivity contribution in [2.75, 3.05) is 6.61 Å². The van der Waals surface area contributed by atoms with Crippen molar-refractivity contribution in [3.8, 4) is 11.8 Å². The van der Waals surface area contributed by atoms with Gasteiger partial charge in [-0.05, 0) is 26.7 Å². The highest BCUT2D eigenvalue weighted by Crippen LogP contribution is 2.35. The Bertz CT molecular complexity index is 352. The maximum Gasteiger partial charge on any atom is 0.320 e. The van der Waals surface area contributed by atoms with E-state index < -0.39 is 5.41 Å². The molecule has 1 atom stereocenters. The van der Waals surface area contributed by atoms with Crippen LogP contribution < -0.4 is 0 Å². The van der Waals surface area contributed by atoms with Gasteiger partial charge in [0.05, 0.1) is 6.61 Å². The molecule has 0 bridgehead atoms. The van der Waals surface area contributed by atoms with E-state index in [1.807, 2.05) is 0 Å². The highest BCUT2D eigenvalue weighted by Gasteiger charge is 2.45. The minimum Gasteiger partial charge on any atom is -0.465 e. The lowest BCUT2D eigenvalue weighted by molar-refractivity contribution is -0.161. The second kappa shape index (κ2) is 7.20. The quantitative estimate of drug-likeness (QED) is 0.439. The van der Waals surface area contributed by atoms with Crippen LogP contribution in [0, 0.1) is 17.3 Å². The van der Waals surface area contributed by atoms with Crippen molar-refractivity contribution in [2.24, 2.45) is 5.41 Å². The molecule has 100 valence electrons. The second-order valence-corrected chi connectivity index (χ2v) is 4.74. The minimum atomic E-state index is -1.00. The first-order valence-corrected chi connectivity index (χ1v) is 6.77. The molecule has 0 amide bonds. The molecule has 0 aromatic heterocycles. The van der Waals surface area contributed by atoms with Crippen molar-refractivity contribution in [3.05, 3.63) is 0 Å². The number of hydrogen-bond acceptors (Lipinski definition) is 3. The number of carbonyl (C=O) groups is 2. The molecule has 3 heteroatoms. The summed E-state index contributed by atoms with van der Waals surface area (Å²) < 4.78 is 5.12. The zero-order valence-corrected chi connectivity index (χ0v) is 11.4. The normalized spacial score (nSPS) is 24.4. The average Bonchev–Trinajstić information content (AvgIpc) is 2.34. The lowest BCUT2D eigenvalue weighted by Gasteiger charge is -2.29. The summed E-state index contributed by atoms with van der Waals surface area (Å²) in [5.41, 5.74) is -1.00. The van der Waals surface area contributed by atoms with Crippen LogP contribution in [-0.4, -0.2) is 18.4 Å². The summed E-state index contributed by atoms with van der Waals surface area (Å²) in [6.45, 7) is 3.81. The van der Waals surface area contributed by atoms with Crippen LogP contribution in [0.1, 0.15) is 58.8 Å². The van der Waals surface area contributed by atoms with E-state index >= 15 is 0 Å². The Labute approximate surface area is 109 Å². The van der Waals surface area contributed by atoms with Crippen LogP contribution >= 0.6 is 0 Å². The molecule has 1 unspecified atom stereocenters. The molecule has 0 N–H and O–H groups in total. The largest absolute Gasteiger partial charge is 0.465 e. The van der Waals surface area contributed by atoms with Gasteiger partial charge in [0.15, 0.2) is 5.78 Å². The van der Waals surface area contributed by atoms with Gasteiger partial charge in [-0.1, -0.05) is 19.3 Å². The molecule has 1 rings (SSSR count). The summed E-state index contributed by atoms with van der Waals surface area (Å²) in [4.78, 5) is 24.5. The molecule has 0 saturated heterocycles. The monoisotopic (exact) mass is 250 g/mol. The van der Waals surface area contributed by atoms with Gasteiger partial charge in [0.25, 0.3) is 0 Å². The van der Waals surface area contributed by atoms with E-state index in [0.29, 0.717) is 25.9 Å². The van der Waals surface area contributed by atoms with Gasteiger partial charge in [0, 0.05) is 12.8 Å². The first-order valence-electron chi connectivity index (χ1n) is 6.77. The molecular formula is C15H22O3. The van der Waals surface area contributed by atoms with Crippen molar-refractivity contribution < 1.29 is 14.3 Å². The van der Waals surface area contributed by atoms with Gasteiger partial charge in [-0.2, -0.15) is 0 Å². The molecule has 18 heavy (non-hydrogen) atoms. The van der Waals surface area contributed by atoms with Crippen LogP contribution in [0.25, 0.3) is 0 Å². The summed E-state index contributed by atoms with van der Waals surface area (Å²) in [5, 5.41) is 0. The summed E-state index contributed by atoms with van der Waals surface area (Å²) in [5.74, 6) is 5.33. The van der Waals surface area contributed by atoms with Crippen LogP contribution in [0.4, 0.5) is 0 Å². The number of ether oxygens (including phenoxy) is 1. The molecule has 0 aliphatic heterocycles. The number of esters is 1. The summed E-state index contributed by atoms with van der Waals surface area (Å²) >= 11 is 0. The van der Waals surface area contributed by atoms with E-state index in [0.717, 1.165) is 25.7 Å². The van der Waals surface area contributed by atoms with Crippen molar-refractivity contribution in [1.82, 2.24) is 0 Å². The van der Waals surface area contributed by atoms with Gasteiger partial charge >= 0.3 is 5.97 Å². The molecule has 0 aromatic rings. The van der Waals surface area contributed by atoms with E-state index in [1.165, 1.54) is 0 Å². The molecule has 1 fully saturated rings. The SMILES string of the molecule is CC#CCC1(C(=O)OCC)CCCCCCC1=O. The van der Waals surface area contributed by atoms with Gasteiger partial charge < -0.3 is 4.74 Å².